The van der Waals surface area contributed by atoms with Crippen molar-refractivity contribution >= 4 is 28.7 Å². The Labute approximate surface area is 156 Å². The zero-order chi connectivity index (χ0) is 19.4. The van der Waals surface area contributed by atoms with E-state index in [2.05, 4.69) is 20.9 Å². The monoisotopic (exact) mass is 370 g/mol. The smallest absolute Gasteiger partial charge is 0.315 e. The lowest BCUT2D eigenvalue weighted by Crippen LogP contribution is -2.39. The van der Waals surface area contributed by atoms with Gasteiger partial charge >= 0.3 is 6.03 Å². The number of oxazole rings is 1. The molecule has 3 N–H and O–H groups in total. The molecule has 142 valence electrons. The lowest BCUT2D eigenvalue weighted by atomic mass is 9.97. The molecule has 3 aromatic rings. The summed E-state index contributed by atoms with van der Waals surface area (Å²) in [7, 11) is 0. The summed E-state index contributed by atoms with van der Waals surface area (Å²) in [4.78, 5) is 28.2. The fourth-order valence-electron chi connectivity index (χ4n) is 2.33. The molecule has 0 aliphatic rings. The maximum atomic E-state index is 12.0. The fourth-order valence-corrected chi connectivity index (χ4v) is 2.33. The van der Waals surface area contributed by atoms with Crippen LogP contribution in [0.1, 0.15) is 32.4 Å². The first-order chi connectivity index (χ1) is 12.8. The number of hydrogen-bond donors (Lipinski definition) is 3. The van der Waals surface area contributed by atoms with Crippen LogP contribution in [0.5, 0.6) is 0 Å². The molecule has 8 heteroatoms. The Balaban J connectivity index is 1.52. The van der Waals surface area contributed by atoms with E-state index >= 15 is 0 Å². The van der Waals surface area contributed by atoms with E-state index in [9.17, 15) is 9.59 Å². The SMILES string of the molecule is CC(C)(C)c1nc2cc(NC(=O)CNC(=O)NCc3ccco3)ccc2o1. The van der Waals surface area contributed by atoms with Gasteiger partial charge in [0.2, 0.25) is 11.8 Å². The minimum absolute atomic E-state index is 0.159. The van der Waals surface area contributed by atoms with Crippen LogP contribution in [0.2, 0.25) is 0 Å². The zero-order valence-corrected chi connectivity index (χ0v) is 15.5. The third-order valence-electron chi connectivity index (χ3n) is 3.73. The Morgan fingerprint density at radius 1 is 1.15 bits per heavy atom. The molecular weight excluding hydrogens is 348 g/mol. The van der Waals surface area contributed by atoms with E-state index in [1.165, 1.54) is 6.26 Å². The summed E-state index contributed by atoms with van der Waals surface area (Å²) < 4.78 is 10.8. The number of aromatic nitrogens is 1. The molecule has 0 unspecified atom stereocenters. The highest BCUT2D eigenvalue weighted by Gasteiger charge is 2.21. The predicted octanol–water partition coefficient (Wildman–Crippen LogP) is 3.16. The van der Waals surface area contributed by atoms with E-state index in [0.29, 0.717) is 28.4 Å². The van der Waals surface area contributed by atoms with Gasteiger partial charge in [-0.1, -0.05) is 20.8 Å². The molecule has 0 radical (unpaired) electrons. The Bertz CT molecular complexity index is 938. The number of furan rings is 1. The van der Waals surface area contributed by atoms with E-state index in [-0.39, 0.29) is 24.4 Å². The van der Waals surface area contributed by atoms with Gasteiger partial charge in [0.1, 0.15) is 11.3 Å². The number of hydrogen-bond acceptors (Lipinski definition) is 5. The second kappa shape index (κ2) is 7.53. The third kappa shape index (κ3) is 4.87. The summed E-state index contributed by atoms with van der Waals surface area (Å²) in [5.41, 5.74) is 1.71. The van der Waals surface area contributed by atoms with Gasteiger partial charge in [0, 0.05) is 11.1 Å². The van der Waals surface area contributed by atoms with Crippen LogP contribution in [0, 0.1) is 0 Å². The largest absolute Gasteiger partial charge is 0.467 e. The average molecular weight is 370 g/mol. The lowest BCUT2D eigenvalue weighted by molar-refractivity contribution is -0.115. The molecule has 3 amide bonds. The molecule has 0 atom stereocenters. The van der Waals surface area contributed by atoms with Crippen molar-refractivity contribution in [2.75, 3.05) is 11.9 Å². The molecule has 0 aliphatic heterocycles. The van der Waals surface area contributed by atoms with E-state index in [4.69, 9.17) is 8.83 Å². The van der Waals surface area contributed by atoms with Gasteiger partial charge in [-0.25, -0.2) is 9.78 Å². The van der Waals surface area contributed by atoms with Gasteiger partial charge in [0.25, 0.3) is 0 Å². The lowest BCUT2D eigenvalue weighted by Gasteiger charge is -2.11. The molecule has 3 rings (SSSR count). The number of carbonyl (C=O) groups is 2. The number of benzene rings is 1. The molecule has 2 aromatic heterocycles. The second-order valence-corrected chi connectivity index (χ2v) is 7.12. The van der Waals surface area contributed by atoms with Gasteiger partial charge in [0.15, 0.2) is 5.58 Å². The normalized spacial score (nSPS) is 11.4. The molecule has 0 spiro atoms. The van der Waals surface area contributed by atoms with Gasteiger partial charge in [-0.15, -0.1) is 0 Å². The second-order valence-electron chi connectivity index (χ2n) is 7.12. The van der Waals surface area contributed by atoms with Crippen LogP contribution in [0.25, 0.3) is 11.1 Å². The van der Waals surface area contributed by atoms with Gasteiger partial charge < -0.3 is 24.8 Å². The molecular formula is C19H22N4O4. The number of urea groups is 1. The number of nitrogens with zero attached hydrogens (tertiary/aromatic N) is 1. The van der Waals surface area contributed by atoms with Crippen molar-refractivity contribution in [2.24, 2.45) is 0 Å². The summed E-state index contributed by atoms with van der Waals surface area (Å²) in [6.45, 7) is 6.14. The van der Waals surface area contributed by atoms with Crippen molar-refractivity contribution in [3.8, 4) is 0 Å². The summed E-state index contributed by atoms with van der Waals surface area (Å²) in [6.07, 6.45) is 1.53. The molecule has 27 heavy (non-hydrogen) atoms. The van der Waals surface area contributed by atoms with E-state index in [1.807, 2.05) is 20.8 Å². The highest BCUT2D eigenvalue weighted by molar-refractivity contribution is 5.95. The number of fused-ring (bicyclic) bond motifs is 1. The molecule has 0 fully saturated rings. The van der Waals surface area contributed by atoms with Crippen molar-refractivity contribution in [1.82, 2.24) is 15.6 Å². The summed E-state index contributed by atoms with van der Waals surface area (Å²) in [5.74, 6) is 0.919. The maximum Gasteiger partial charge on any atom is 0.315 e. The van der Waals surface area contributed by atoms with Crippen LogP contribution in [0.4, 0.5) is 10.5 Å². The first kappa shape index (κ1) is 18.5. The molecule has 0 bridgehead atoms. The molecule has 0 aliphatic carbocycles. The number of rotatable bonds is 5. The van der Waals surface area contributed by atoms with Crippen LogP contribution >= 0.6 is 0 Å². The van der Waals surface area contributed by atoms with Crippen molar-refractivity contribution < 1.29 is 18.4 Å². The standard InChI is InChI=1S/C19H22N4O4/c1-19(2,3)17-23-14-9-12(6-7-15(14)27-17)22-16(24)11-21-18(25)20-10-13-5-4-8-26-13/h4-9H,10-11H2,1-3H3,(H,22,24)(H2,20,21,25). The number of amides is 3. The third-order valence-corrected chi connectivity index (χ3v) is 3.73. The van der Waals surface area contributed by atoms with Crippen LogP contribution < -0.4 is 16.0 Å². The molecule has 0 saturated heterocycles. The summed E-state index contributed by atoms with van der Waals surface area (Å²) >= 11 is 0. The zero-order valence-electron chi connectivity index (χ0n) is 15.5. The minimum Gasteiger partial charge on any atom is -0.467 e. The Morgan fingerprint density at radius 3 is 2.67 bits per heavy atom. The molecule has 8 nitrogen and oxygen atoms in total. The summed E-state index contributed by atoms with van der Waals surface area (Å²) in [5, 5.41) is 7.81. The quantitative estimate of drug-likeness (QED) is 0.639. The Morgan fingerprint density at radius 2 is 1.96 bits per heavy atom. The van der Waals surface area contributed by atoms with Crippen molar-refractivity contribution in [3.63, 3.8) is 0 Å². The first-order valence-corrected chi connectivity index (χ1v) is 8.56. The topological polar surface area (TPSA) is 109 Å². The number of carbonyl (C=O) groups excluding carboxylic acids is 2. The average Bonchev–Trinajstić information content (AvgIpc) is 3.26. The highest BCUT2D eigenvalue weighted by Crippen LogP contribution is 2.27. The fraction of sp³-hybridized carbons (Fsp3) is 0.316. The summed E-state index contributed by atoms with van der Waals surface area (Å²) in [6, 6.07) is 8.26. The Hall–Kier alpha value is -3.29. The van der Waals surface area contributed by atoms with Gasteiger partial charge in [-0.3, -0.25) is 4.79 Å². The predicted molar refractivity (Wildman–Crippen MR) is 100 cm³/mol. The van der Waals surface area contributed by atoms with E-state index in [0.717, 1.165) is 0 Å². The van der Waals surface area contributed by atoms with Crippen LogP contribution in [0.15, 0.2) is 45.4 Å². The highest BCUT2D eigenvalue weighted by atomic mass is 16.3. The number of anilines is 1. The van der Waals surface area contributed by atoms with Crippen LogP contribution in [-0.2, 0) is 16.8 Å². The van der Waals surface area contributed by atoms with E-state index < -0.39 is 6.03 Å². The van der Waals surface area contributed by atoms with Crippen molar-refractivity contribution in [2.45, 2.75) is 32.7 Å². The molecule has 2 heterocycles. The van der Waals surface area contributed by atoms with Gasteiger partial charge in [0.05, 0.1) is 19.4 Å². The Kier molecular flexibility index (Phi) is 5.16. The first-order valence-electron chi connectivity index (χ1n) is 8.56. The van der Waals surface area contributed by atoms with Crippen molar-refractivity contribution in [3.05, 3.63) is 48.2 Å². The maximum absolute atomic E-state index is 12.0. The van der Waals surface area contributed by atoms with Crippen LogP contribution in [0.3, 0.4) is 0 Å². The van der Waals surface area contributed by atoms with Gasteiger partial charge in [-0.2, -0.15) is 0 Å². The van der Waals surface area contributed by atoms with Crippen LogP contribution in [-0.4, -0.2) is 23.5 Å². The minimum atomic E-state index is -0.455. The van der Waals surface area contributed by atoms with E-state index in [1.54, 1.807) is 30.3 Å². The van der Waals surface area contributed by atoms with Crippen molar-refractivity contribution in [1.29, 1.82) is 0 Å². The molecule has 1 aromatic carbocycles. The number of nitrogens with one attached hydrogen (secondary N) is 3. The van der Waals surface area contributed by atoms with Gasteiger partial charge in [-0.05, 0) is 30.3 Å². The molecule has 0 saturated carbocycles.